The minimum Gasteiger partial charge on any atom is -0.282 e. The third-order valence-electron chi connectivity index (χ3n) is 0.948. The van der Waals surface area contributed by atoms with Gasteiger partial charge in [-0.1, -0.05) is 0 Å². The van der Waals surface area contributed by atoms with E-state index in [4.69, 9.17) is 4.55 Å². The summed E-state index contributed by atoms with van der Waals surface area (Å²) >= 11 is 0. The van der Waals surface area contributed by atoms with Gasteiger partial charge in [0.1, 0.15) is 0 Å². The van der Waals surface area contributed by atoms with Crippen molar-refractivity contribution in [1.29, 1.82) is 0 Å². The molecule has 4 nitrogen and oxygen atoms in total. The van der Waals surface area contributed by atoms with E-state index in [1.807, 2.05) is 0 Å². The molecule has 0 aliphatic heterocycles. The molecule has 0 radical (unpaired) electrons. The van der Waals surface area contributed by atoms with Crippen molar-refractivity contribution in [3.05, 3.63) is 24.5 Å². The zero-order chi connectivity index (χ0) is 7.61. The van der Waals surface area contributed by atoms with E-state index in [1.54, 1.807) is 0 Å². The average molecular weight is 196 g/mol. The van der Waals surface area contributed by atoms with E-state index in [2.05, 4.69) is 4.98 Å². The van der Waals surface area contributed by atoms with Gasteiger partial charge in [-0.2, -0.15) is 8.42 Å². The molecule has 6 heteroatoms. The highest BCUT2D eigenvalue weighted by Gasteiger charge is 2.06. The topological polar surface area (TPSA) is 67.3 Å². The summed E-state index contributed by atoms with van der Waals surface area (Å²) in [6.45, 7) is 0. The van der Waals surface area contributed by atoms with Crippen molar-refractivity contribution < 1.29 is 13.0 Å². The van der Waals surface area contributed by atoms with Crippen LogP contribution in [0.1, 0.15) is 0 Å². The largest absolute Gasteiger partial charge is 0.294 e. The first-order valence-corrected chi connectivity index (χ1v) is 3.92. The lowest BCUT2D eigenvalue weighted by Crippen LogP contribution is -1.96. The maximum Gasteiger partial charge on any atom is 0.294 e. The van der Waals surface area contributed by atoms with Crippen LogP contribution >= 0.6 is 12.4 Å². The lowest BCUT2D eigenvalue weighted by Gasteiger charge is -1.91. The fourth-order valence-electron chi connectivity index (χ4n) is 0.510. The van der Waals surface area contributed by atoms with E-state index in [1.165, 1.54) is 24.5 Å². The molecule has 1 aromatic heterocycles. The molecule has 62 valence electrons. The molecule has 0 aliphatic carbocycles. The van der Waals surface area contributed by atoms with E-state index in [0.717, 1.165) is 0 Å². The summed E-state index contributed by atoms with van der Waals surface area (Å²) in [6, 6.07) is 2.44. The van der Waals surface area contributed by atoms with E-state index in [-0.39, 0.29) is 17.3 Å². The zero-order valence-corrected chi connectivity index (χ0v) is 6.97. The van der Waals surface area contributed by atoms with Gasteiger partial charge in [0.2, 0.25) is 0 Å². The maximum atomic E-state index is 10.4. The van der Waals surface area contributed by atoms with Crippen LogP contribution < -0.4 is 0 Å². The lowest BCUT2D eigenvalue weighted by atomic mass is 10.5. The predicted molar refractivity (Wildman–Crippen MR) is 41.3 cm³/mol. The molecule has 0 unspecified atom stereocenters. The smallest absolute Gasteiger partial charge is 0.282 e. The maximum absolute atomic E-state index is 10.4. The van der Waals surface area contributed by atoms with Crippen molar-refractivity contribution in [2.75, 3.05) is 0 Å². The Hall–Kier alpha value is -0.650. The van der Waals surface area contributed by atoms with E-state index in [9.17, 15) is 8.42 Å². The molecule has 1 aromatic rings. The van der Waals surface area contributed by atoms with Crippen LogP contribution in [0.2, 0.25) is 0 Å². The van der Waals surface area contributed by atoms with E-state index >= 15 is 0 Å². The minimum absolute atomic E-state index is 0. The predicted octanol–water partition coefficient (Wildman–Crippen LogP) is 0.750. The highest BCUT2D eigenvalue weighted by Crippen LogP contribution is 2.03. The molecule has 0 amide bonds. The van der Waals surface area contributed by atoms with Crippen molar-refractivity contribution in [2.45, 2.75) is 4.90 Å². The summed E-state index contributed by atoms with van der Waals surface area (Å²) in [5.41, 5.74) is 0. The highest BCUT2D eigenvalue weighted by molar-refractivity contribution is 7.85. The summed E-state index contributed by atoms with van der Waals surface area (Å²) in [5, 5.41) is 0. The van der Waals surface area contributed by atoms with Crippen LogP contribution in [0.5, 0.6) is 0 Å². The SMILES string of the molecule is Cl.O=S(=O)(O)c1ccncc1. The molecular formula is C5H6ClNO3S. The van der Waals surface area contributed by atoms with Gasteiger partial charge in [-0.05, 0) is 12.1 Å². The van der Waals surface area contributed by atoms with Crippen molar-refractivity contribution in [3.8, 4) is 0 Å². The fourth-order valence-corrected chi connectivity index (χ4v) is 0.976. The molecular weight excluding hydrogens is 190 g/mol. The van der Waals surface area contributed by atoms with Crippen LogP contribution in [-0.4, -0.2) is 18.0 Å². The number of nitrogens with zero attached hydrogens (tertiary/aromatic N) is 1. The number of aromatic nitrogens is 1. The van der Waals surface area contributed by atoms with Gasteiger partial charge in [-0.3, -0.25) is 9.54 Å². The fraction of sp³-hybridized carbons (Fsp3) is 0. The van der Waals surface area contributed by atoms with Gasteiger partial charge in [0.25, 0.3) is 10.1 Å². The molecule has 0 saturated carbocycles. The molecule has 0 aliphatic rings. The Morgan fingerprint density at radius 1 is 1.27 bits per heavy atom. The highest BCUT2D eigenvalue weighted by atomic mass is 35.5. The Morgan fingerprint density at radius 3 is 2.00 bits per heavy atom. The van der Waals surface area contributed by atoms with Crippen LogP contribution in [0.25, 0.3) is 0 Å². The van der Waals surface area contributed by atoms with Gasteiger partial charge in [0.05, 0.1) is 4.90 Å². The molecule has 0 atom stereocenters. The van der Waals surface area contributed by atoms with Crippen LogP contribution in [0, 0.1) is 0 Å². The van der Waals surface area contributed by atoms with Gasteiger partial charge in [-0.25, -0.2) is 0 Å². The van der Waals surface area contributed by atoms with Crippen LogP contribution in [-0.2, 0) is 10.1 Å². The van der Waals surface area contributed by atoms with Crippen LogP contribution in [0.15, 0.2) is 29.4 Å². The molecule has 1 N–H and O–H groups in total. The van der Waals surface area contributed by atoms with Crippen molar-refractivity contribution in [2.24, 2.45) is 0 Å². The summed E-state index contributed by atoms with van der Waals surface area (Å²) < 4.78 is 29.2. The second-order valence-electron chi connectivity index (χ2n) is 1.66. The number of pyridine rings is 1. The summed E-state index contributed by atoms with van der Waals surface area (Å²) in [5.74, 6) is 0. The molecule has 1 rings (SSSR count). The Bertz CT molecular complexity index is 310. The first-order chi connectivity index (χ1) is 4.61. The molecule has 0 saturated heterocycles. The number of halogens is 1. The first-order valence-electron chi connectivity index (χ1n) is 2.48. The van der Waals surface area contributed by atoms with Gasteiger partial charge < -0.3 is 0 Å². The van der Waals surface area contributed by atoms with Crippen molar-refractivity contribution in [3.63, 3.8) is 0 Å². The molecule has 0 fully saturated rings. The summed E-state index contributed by atoms with van der Waals surface area (Å²) in [7, 11) is -4.04. The first kappa shape index (κ1) is 10.3. The minimum atomic E-state index is -4.04. The Kier molecular flexibility index (Phi) is 3.44. The molecule has 1 heterocycles. The molecule has 0 aromatic carbocycles. The van der Waals surface area contributed by atoms with E-state index < -0.39 is 10.1 Å². The zero-order valence-electron chi connectivity index (χ0n) is 5.34. The Labute approximate surface area is 70.4 Å². The third-order valence-corrected chi connectivity index (χ3v) is 1.82. The number of rotatable bonds is 1. The molecule has 11 heavy (non-hydrogen) atoms. The van der Waals surface area contributed by atoms with Crippen molar-refractivity contribution in [1.82, 2.24) is 4.98 Å². The standard InChI is InChI=1S/C5H5NO3S.ClH/c7-10(8,9)5-1-3-6-4-2-5;/h1-4H,(H,7,8,9);1H. The lowest BCUT2D eigenvalue weighted by molar-refractivity contribution is 0.483. The van der Waals surface area contributed by atoms with Gasteiger partial charge in [-0.15, -0.1) is 12.4 Å². The number of hydrogen-bond acceptors (Lipinski definition) is 3. The van der Waals surface area contributed by atoms with Crippen LogP contribution in [0.3, 0.4) is 0 Å². The van der Waals surface area contributed by atoms with E-state index in [0.29, 0.717) is 0 Å². The second-order valence-corrected chi connectivity index (χ2v) is 3.08. The van der Waals surface area contributed by atoms with Gasteiger partial charge in [0.15, 0.2) is 0 Å². The third kappa shape index (κ3) is 2.83. The molecule has 0 bridgehead atoms. The van der Waals surface area contributed by atoms with Crippen LogP contribution in [0.4, 0.5) is 0 Å². The quantitative estimate of drug-likeness (QED) is 0.672. The Balaban J connectivity index is 0.000001000. The summed E-state index contributed by atoms with van der Waals surface area (Å²) in [4.78, 5) is 3.45. The normalized spacial score (nSPS) is 10.3. The Morgan fingerprint density at radius 2 is 1.73 bits per heavy atom. The second kappa shape index (κ2) is 3.66. The number of hydrogen-bond donors (Lipinski definition) is 1. The van der Waals surface area contributed by atoms with Crippen molar-refractivity contribution >= 4 is 22.5 Å². The molecule has 0 spiro atoms. The average Bonchev–Trinajstić information content (AvgIpc) is 1.88. The van der Waals surface area contributed by atoms with Gasteiger partial charge in [0, 0.05) is 12.4 Å². The van der Waals surface area contributed by atoms with Gasteiger partial charge >= 0.3 is 0 Å². The summed E-state index contributed by atoms with van der Waals surface area (Å²) in [6.07, 6.45) is 2.59. The monoisotopic (exact) mass is 195 g/mol.